The van der Waals surface area contributed by atoms with Crippen molar-refractivity contribution in [2.24, 2.45) is 7.05 Å². The van der Waals surface area contributed by atoms with E-state index in [0.29, 0.717) is 10.7 Å². The third kappa shape index (κ3) is 2.77. The maximum atomic E-state index is 12.0. The van der Waals surface area contributed by atoms with Crippen LogP contribution in [0.15, 0.2) is 35.5 Å². The van der Waals surface area contributed by atoms with Crippen molar-refractivity contribution in [1.29, 1.82) is 0 Å². The molecule has 0 aliphatic rings. The van der Waals surface area contributed by atoms with Gasteiger partial charge >= 0.3 is 0 Å². The molecule has 0 bridgehead atoms. The number of hydrogen-bond donors (Lipinski definition) is 1. The number of nitrogens with one attached hydrogen (secondary N) is 1. The second kappa shape index (κ2) is 4.79. The van der Waals surface area contributed by atoms with Crippen LogP contribution in [-0.2, 0) is 17.1 Å². The summed E-state index contributed by atoms with van der Waals surface area (Å²) in [7, 11) is -2.02. The standard InChI is InChI=1S/C10H9Cl2N3O2S/c1-15-6-8(5-13-15)18(16,17)14-7-2-3-9(11)10(12)4-7/h2-6,14H,1H3. The number of aromatic nitrogens is 2. The van der Waals surface area contributed by atoms with E-state index in [1.165, 1.54) is 35.3 Å². The smallest absolute Gasteiger partial charge is 0.265 e. The van der Waals surface area contributed by atoms with Crippen LogP contribution in [0.2, 0.25) is 10.0 Å². The van der Waals surface area contributed by atoms with Gasteiger partial charge < -0.3 is 0 Å². The highest BCUT2D eigenvalue weighted by Crippen LogP contribution is 2.26. The van der Waals surface area contributed by atoms with Crippen molar-refractivity contribution in [3.8, 4) is 0 Å². The highest BCUT2D eigenvalue weighted by atomic mass is 35.5. The Kier molecular flexibility index (Phi) is 3.52. The van der Waals surface area contributed by atoms with Crippen molar-refractivity contribution < 1.29 is 8.42 Å². The van der Waals surface area contributed by atoms with Crippen LogP contribution in [0, 0.1) is 0 Å². The topological polar surface area (TPSA) is 64.0 Å². The zero-order valence-corrected chi connectivity index (χ0v) is 11.6. The lowest BCUT2D eigenvalue weighted by atomic mass is 10.3. The summed E-state index contributed by atoms with van der Waals surface area (Å²) in [6.45, 7) is 0. The Hall–Kier alpha value is -1.24. The summed E-state index contributed by atoms with van der Waals surface area (Å²) >= 11 is 11.6. The lowest BCUT2D eigenvalue weighted by Crippen LogP contribution is -2.12. The molecule has 2 rings (SSSR count). The molecule has 1 N–H and O–H groups in total. The van der Waals surface area contributed by atoms with E-state index in [4.69, 9.17) is 23.2 Å². The van der Waals surface area contributed by atoms with Gasteiger partial charge in [-0.15, -0.1) is 0 Å². The minimum Gasteiger partial charge on any atom is -0.279 e. The van der Waals surface area contributed by atoms with Gasteiger partial charge in [0.25, 0.3) is 10.0 Å². The summed E-state index contributed by atoms with van der Waals surface area (Å²) in [5.74, 6) is 0. The molecule has 1 heterocycles. The highest BCUT2D eigenvalue weighted by molar-refractivity contribution is 7.92. The zero-order valence-electron chi connectivity index (χ0n) is 9.26. The third-order valence-electron chi connectivity index (χ3n) is 2.16. The molecular formula is C10H9Cl2N3O2S. The molecule has 1 aromatic carbocycles. The first kappa shape index (κ1) is 13.2. The molecule has 0 spiro atoms. The van der Waals surface area contributed by atoms with Crippen molar-refractivity contribution in [3.63, 3.8) is 0 Å². The van der Waals surface area contributed by atoms with Crippen molar-refractivity contribution in [3.05, 3.63) is 40.6 Å². The Labute approximate surface area is 114 Å². The Morgan fingerprint density at radius 2 is 2.00 bits per heavy atom. The van der Waals surface area contributed by atoms with Gasteiger partial charge in [-0.05, 0) is 18.2 Å². The minimum absolute atomic E-state index is 0.0797. The Bertz CT molecular complexity index is 682. The Morgan fingerprint density at radius 3 is 2.56 bits per heavy atom. The molecule has 18 heavy (non-hydrogen) atoms. The van der Waals surface area contributed by atoms with E-state index in [2.05, 4.69) is 9.82 Å². The fourth-order valence-corrected chi connectivity index (χ4v) is 2.64. The lowest BCUT2D eigenvalue weighted by Gasteiger charge is -2.06. The predicted molar refractivity (Wildman–Crippen MR) is 70.5 cm³/mol. The van der Waals surface area contributed by atoms with Crippen LogP contribution in [0.4, 0.5) is 5.69 Å². The maximum absolute atomic E-state index is 12.0. The Morgan fingerprint density at radius 1 is 1.28 bits per heavy atom. The van der Waals surface area contributed by atoms with Crippen LogP contribution >= 0.6 is 23.2 Å². The molecule has 0 amide bonds. The molecule has 0 aliphatic heterocycles. The lowest BCUT2D eigenvalue weighted by molar-refractivity contribution is 0.601. The summed E-state index contributed by atoms with van der Waals surface area (Å²) in [6.07, 6.45) is 2.67. The normalized spacial score (nSPS) is 11.5. The molecule has 96 valence electrons. The minimum atomic E-state index is -3.66. The first-order valence-corrected chi connectivity index (χ1v) is 7.09. The fraction of sp³-hybridized carbons (Fsp3) is 0.100. The molecule has 1 aromatic heterocycles. The van der Waals surface area contributed by atoms with Crippen LogP contribution in [-0.4, -0.2) is 18.2 Å². The van der Waals surface area contributed by atoms with Crippen LogP contribution in [0.5, 0.6) is 0 Å². The molecule has 0 saturated carbocycles. The van der Waals surface area contributed by atoms with Crippen LogP contribution in [0.25, 0.3) is 0 Å². The molecule has 5 nitrogen and oxygen atoms in total. The zero-order chi connectivity index (χ0) is 13.3. The maximum Gasteiger partial charge on any atom is 0.265 e. The van der Waals surface area contributed by atoms with E-state index < -0.39 is 10.0 Å². The molecule has 2 aromatic rings. The number of nitrogens with zero attached hydrogens (tertiary/aromatic N) is 2. The number of sulfonamides is 1. The van der Waals surface area contributed by atoms with Crippen molar-refractivity contribution >= 4 is 38.9 Å². The van der Waals surface area contributed by atoms with Gasteiger partial charge in [-0.25, -0.2) is 8.42 Å². The van der Waals surface area contributed by atoms with Crippen molar-refractivity contribution in [2.75, 3.05) is 4.72 Å². The predicted octanol–water partition coefficient (Wildman–Crippen LogP) is 2.53. The number of anilines is 1. The molecule has 0 aliphatic carbocycles. The molecule has 0 fully saturated rings. The first-order valence-electron chi connectivity index (χ1n) is 4.85. The highest BCUT2D eigenvalue weighted by Gasteiger charge is 2.16. The third-order valence-corrected chi connectivity index (χ3v) is 4.24. The quantitative estimate of drug-likeness (QED) is 0.947. The summed E-state index contributed by atoms with van der Waals surface area (Å²) in [6, 6.07) is 4.49. The summed E-state index contributed by atoms with van der Waals surface area (Å²) < 4.78 is 27.7. The average molecular weight is 306 g/mol. The number of aryl methyl sites for hydroxylation is 1. The monoisotopic (exact) mass is 305 g/mol. The first-order chi connectivity index (χ1) is 8.38. The molecule has 8 heteroatoms. The van der Waals surface area contributed by atoms with Gasteiger partial charge in [0.05, 0.1) is 21.9 Å². The van der Waals surface area contributed by atoms with E-state index in [1.54, 1.807) is 7.05 Å². The molecule has 0 saturated heterocycles. The van der Waals surface area contributed by atoms with Crippen molar-refractivity contribution in [1.82, 2.24) is 9.78 Å². The van der Waals surface area contributed by atoms with Gasteiger partial charge in [0.1, 0.15) is 4.90 Å². The number of halogens is 2. The molecule has 0 unspecified atom stereocenters. The van der Waals surface area contributed by atoms with Crippen LogP contribution in [0.1, 0.15) is 0 Å². The molecule has 0 radical (unpaired) electrons. The van der Waals surface area contributed by atoms with E-state index >= 15 is 0 Å². The van der Waals surface area contributed by atoms with Gasteiger partial charge in [0.2, 0.25) is 0 Å². The number of rotatable bonds is 3. The SMILES string of the molecule is Cn1cc(S(=O)(=O)Nc2ccc(Cl)c(Cl)c2)cn1. The van der Waals surface area contributed by atoms with E-state index in [0.717, 1.165) is 0 Å². The van der Waals surface area contributed by atoms with E-state index in [9.17, 15) is 8.42 Å². The van der Waals surface area contributed by atoms with Gasteiger partial charge in [-0.1, -0.05) is 23.2 Å². The van der Waals surface area contributed by atoms with Gasteiger partial charge in [-0.3, -0.25) is 9.40 Å². The fourth-order valence-electron chi connectivity index (χ4n) is 1.31. The number of benzene rings is 1. The Balaban J connectivity index is 2.30. The van der Waals surface area contributed by atoms with Crippen LogP contribution in [0.3, 0.4) is 0 Å². The average Bonchev–Trinajstić information content (AvgIpc) is 2.71. The second-order valence-electron chi connectivity index (χ2n) is 3.58. The molecule has 0 atom stereocenters. The van der Waals surface area contributed by atoms with Gasteiger partial charge in [0, 0.05) is 13.2 Å². The number of hydrogen-bond acceptors (Lipinski definition) is 3. The van der Waals surface area contributed by atoms with Crippen LogP contribution < -0.4 is 4.72 Å². The van der Waals surface area contributed by atoms with Gasteiger partial charge in [-0.2, -0.15) is 5.10 Å². The van der Waals surface area contributed by atoms with Gasteiger partial charge in [0.15, 0.2) is 0 Å². The summed E-state index contributed by atoms with van der Waals surface area (Å²) in [5, 5.41) is 4.45. The van der Waals surface area contributed by atoms with Crippen molar-refractivity contribution in [2.45, 2.75) is 4.90 Å². The summed E-state index contributed by atoms with van der Waals surface area (Å²) in [5.41, 5.74) is 0.341. The molecular weight excluding hydrogens is 297 g/mol. The van der Waals surface area contributed by atoms with E-state index in [1.807, 2.05) is 0 Å². The summed E-state index contributed by atoms with van der Waals surface area (Å²) in [4.78, 5) is 0.0797. The van der Waals surface area contributed by atoms with E-state index in [-0.39, 0.29) is 9.92 Å². The second-order valence-corrected chi connectivity index (χ2v) is 6.08. The largest absolute Gasteiger partial charge is 0.279 e.